The minimum atomic E-state index is -0.585. The number of Topliss-reactive ketones (excluding diaryl/α,β-unsaturated/α-hetero) is 1. The highest BCUT2D eigenvalue weighted by atomic mass is 16.6. The molecular weight excluding hydrogens is 246 g/mol. The third kappa shape index (κ3) is 3.81. The van der Waals surface area contributed by atoms with E-state index in [1.807, 2.05) is 0 Å². The molecule has 1 amide bonds. The maximum Gasteiger partial charge on any atom is 0.408 e. The average molecular weight is 265 g/mol. The van der Waals surface area contributed by atoms with Crippen molar-refractivity contribution in [3.8, 4) is 0 Å². The predicted octanol–water partition coefficient (Wildman–Crippen LogP) is 1.93. The lowest BCUT2D eigenvalue weighted by Gasteiger charge is -2.19. The van der Waals surface area contributed by atoms with Gasteiger partial charge in [0.05, 0.1) is 12.6 Å². The summed E-state index contributed by atoms with van der Waals surface area (Å²) in [6, 6.07) is 2.02. The number of aromatic nitrogens is 2. The molecule has 104 valence electrons. The number of carbonyl (C=O) groups is 2. The maximum absolute atomic E-state index is 12.0. The summed E-state index contributed by atoms with van der Waals surface area (Å²) in [6.45, 7) is 5.25. The Balaban J connectivity index is 1.87. The van der Waals surface area contributed by atoms with Crippen LogP contribution in [0.4, 0.5) is 4.79 Å². The van der Waals surface area contributed by atoms with Crippen LogP contribution in [0.15, 0.2) is 12.3 Å². The van der Waals surface area contributed by atoms with Gasteiger partial charge in [-0.05, 0) is 39.7 Å². The van der Waals surface area contributed by atoms with E-state index >= 15 is 0 Å². The van der Waals surface area contributed by atoms with E-state index < -0.39 is 11.7 Å². The van der Waals surface area contributed by atoms with Gasteiger partial charge in [-0.15, -0.1) is 0 Å². The van der Waals surface area contributed by atoms with Crippen molar-refractivity contribution in [2.75, 3.05) is 6.54 Å². The van der Waals surface area contributed by atoms with Crippen molar-refractivity contribution < 1.29 is 14.3 Å². The summed E-state index contributed by atoms with van der Waals surface area (Å²) < 4.78 is 6.81. The van der Waals surface area contributed by atoms with Crippen LogP contribution in [0.3, 0.4) is 0 Å². The van der Waals surface area contributed by atoms with Crippen molar-refractivity contribution in [1.29, 1.82) is 0 Å². The van der Waals surface area contributed by atoms with Gasteiger partial charge in [-0.3, -0.25) is 9.48 Å². The van der Waals surface area contributed by atoms with Crippen LogP contribution in [0.2, 0.25) is 0 Å². The third-order valence-corrected chi connectivity index (χ3v) is 2.64. The Morgan fingerprint density at radius 3 is 2.74 bits per heavy atom. The number of alkyl carbamates (subject to hydrolysis) is 1. The molecule has 1 heterocycles. The molecule has 1 aliphatic rings. The first-order chi connectivity index (χ1) is 8.87. The smallest absolute Gasteiger partial charge is 0.408 e. The SMILES string of the molecule is CC(C)(C)OC(=O)NCC(=O)c1ccnn1C1CC1. The van der Waals surface area contributed by atoms with Crippen molar-refractivity contribution in [2.45, 2.75) is 45.3 Å². The number of nitrogens with one attached hydrogen (secondary N) is 1. The molecule has 1 aliphatic carbocycles. The topological polar surface area (TPSA) is 73.2 Å². The van der Waals surface area contributed by atoms with Gasteiger partial charge in [-0.25, -0.2) is 4.79 Å². The van der Waals surface area contributed by atoms with Gasteiger partial charge >= 0.3 is 6.09 Å². The molecule has 6 nitrogen and oxygen atoms in total. The van der Waals surface area contributed by atoms with Crippen LogP contribution in [0.25, 0.3) is 0 Å². The number of nitrogens with zero attached hydrogens (tertiary/aromatic N) is 2. The molecule has 2 rings (SSSR count). The second-order valence-corrected chi connectivity index (χ2v) is 5.67. The van der Waals surface area contributed by atoms with E-state index in [4.69, 9.17) is 4.74 Å². The zero-order valence-electron chi connectivity index (χ0n) is 11.5. The van der Waals surface area contributed by atoms with E-state index in [9.17, 15) is 9.59 Å². The molecule has 0 aliphatic heterocycles. The van der Waals surface area contributed by atoms with Gasteiger partial charge in [-0.1, -0.05) is 0 Å². The monoisotopic (exact) mass is 265 g/mol. The minimum Gasteiger partial charge on any atom is -0.444 e. The number of ketones is 1. The molecule has 19 heavy (non-hydrogen) atoms. The van der Waals surface area contributed by atoms with Crippen molar-refractivity contribution in [1.82, 2.24) is 15.1 Å². The molecule has 0 unspecified atom stereocenters. The fraction of sp³-hybridized carbons (Fsp3) is 0.615. The Labute approximate surface area is 112 Å². The van der Waals surface area contributed by atoms with Crippen molar-refractivity contribution in [3.05, 3.63) is 18.0 Å². The van der Waals surface area contributed by atoms with Crippen molar-refractivity contribution in [2.24, 2.45) is 0 Å². The second-order valence-electron chi connectivity index (χ2n) is 5.67. The lowest BCUT2D eigenvalue weighted by Crippen LogP contribution is -2.35. The van der Waals surface area contributed by atoms with Gasteiger partial charge in [0.25, 0.3) is 0 Å². The fourth-order valence-corrected chi connectivity index (χ4v) is 1.70. The molecule has 1 aromatic rings. The lowest BCUT2D eigenvalue weighted by atomic mass is 10.2. The lowest BCUT2D eigenvalue weighted by molar-refractivity contribution is 0.0520. The molecular formula is C13H19N3O3. The van der Waals surface area contributed by atoms with Gasteiger partial charge in [-0.2, -0.15) is 5.10 Å². The molecule has 0 spiro atoms. The highest BCUT2D eigenvalue weighted by molar-refractivity contribution is 5.97. The Hall–Kier alpha value is -1.85. The van der Waals surface area contributed by atoms with E-state index in [-0.39, 0.29) is 12.3 Å². The van der Waals surface area contributed by atoms with Crippen LogP contribution in [-0.2, 0) is 4.74 Å². The predicted molar refractivity (Wildman–Crippen MR) is 69.1 cm³/mol. The molecule has 0 bridgehead atoms. The Bertz CT molecular complexity index is 484. The van der Waals surface area contributed by atoms with Crippen LogP contribution >= 0.6 is 0 Å². The first-order valence-corrected chi connectivity index (χ1v) is 6.40. The molecule has 0 atom stereocenters. The zero-order valence-corrected chi connectivity index (χ0v) is 11.5. The molecule has 1 aromatic heterocycles. The van der Waals surface area contributed by atoms with Crippen molar-refractivity contribution in [3.63, 3.8) is 0 Å². The second kappa shape index (κ2) is 5.03. The molecule has 0 saturated heterocycles. The van der Waals surface area contributed by atoms with Crippen LogP contribution in [0, 0.1) is 0 Å². The van der Waals surface area contributed by atoms with Crippen LogP contribution in [0.5, 0.6) is 0 Å². The number of hydrogen-bond donors (Lipinski definition) is 1. The van der Waals surface area contributed by atoms with Crippen molar-refractivity contribution >= 4 is 11.9 Å². The standard InChI is InChI=1S/C13H19N3O3/c1-13(2,3)19-12(18)14-8-11(17)10-6-7-15-16(10)9-4-5-9/h6-7,9H,4-5,8H2,1-3H3,(H,14,18). The van der Waals surface area contributed by atoms with Gasteiger partial charge in [0.15, 0.2) is 5.78 Å². The van der Waals surface area contributed by atoms with Crippen LogP contribution in [0.1, 0.15) is 50.1 Å². The number of rotatable bonds is 4. The van der Waals surface area contributed by atoms with E-state index in [1.165, 1.54) is 0 Å². The number of ether oxygens (including phenoxy) is 1. The van der Waals surface area contributed by atoms with E-state index in [1.54, 1.807) is 37.7 Å². The molecule has 1 fully saturated rings. The van der Waals surface area contributed by atoms with Gasteiger partial charge < -0.3 is 10.1 Å². The number of hydrogen-bond acceptors (Lipinski definition) is 4. The molecule has 0 radical (unpaired) electrons. The Morgan fingerprint density at radius 1 is 1.47 bits per heavy atom. The third-order valence-electron chi connectivity index (χ3n) is 2.64. The number of amides is 1. The zero-order chi connectivity index (χ0) is 14.0. The molecule has 1 saturated carbocycles. The quantitative estimate of drug-likeness (QED) is 0.844. The first kappa shape index (κ1) is 13.6. The minimum absolute atomic E-state index is 0.0761. The van der Waals surface area contributed by atoms with Crippen LogP contribution in [-0.4, -0.2) is 33.8 Å². The summed E-state index contributed by atoms with van der Waals surface area (Å²) >= 11 is 0. The fourth-order valence-electron chi connectivity index (χ4n) is 1.70. The first-order valence-electron chi connectivity index (χ1n) is 6.40. The van der Waals surface area contributed by atoms with E-state index in [0.717, 1.165) is 12.8 Å². The summed E-state index contributed by atoms with van der Waals surface area (Å²) in [5.41, 5.74) is -0.0262. The Morgan fingerprint density at radius 2 is 2.16 bits per heavy atom. The van der Waals surface area contributed by atoms with Crippen LogP contribution < -0.4 is 5.32 Å². The highest BCUT2D eigenvalue weighted by Crippen LogP contribution is 2.35. The van der Waals surface area contributed by atoms with E-state index in [0.29, 0.717) is 11.7 Å². The number of carbonyl (C=O) groups excluding carboxylic acids is 2. The molecule has 0 aromatic carbocycles. The summed E-state index contributed by atoms with van der Waals surface area (Å²) in [6.07, 6.45) is 3.14. The maximum atomic E-state index is 12.0. The summed E-state index contributed by atoms with van der Waals surface area (Å²) in [5.74, 6) is -0.157. The highest BCUT2D eigenvalue weighted by Gasteiger charge is 2.28. The summed E-state index contributed by atoms with van der Waals surface area (Å²) in [5, 5.41) is 6.60. The van der Waals surface area contributed by atoms with E-state index in [2.05, 4.69) is 10.4 Å². The molecule has 6 heteroatoms. The molecule has 1 N–H and O–H groups in total. The summed E-state index contributed by atoms with van der Waals surface area (Å²) in [7, 11) is 0. The van der Waals surface area contributed by atoms with Gasteiger partial charge in [0, 0.05) is 6.20 Å². The average Bonchev–Trinajstić information content (AvgIpc) is 3.01. The Kier molecular flexibility index (Phi) is 3.59. The normalized spacial score (nSPS) is 15.1. The van der Waals surface area contributed by atoms with Gasteiger partial charge in [0.1, 0.15) is 11.3 Å². The largest absolute Gasteiger partial charge is 0.444 e. The van der Waals surface area contributed by atoms with Gasteiger partial charge in [0.2, 0.25) is 0 Å². The summed E-state index contributed by atoms with van der Waals surface area (Å²) in [4.78, 5) is 23.5.